The number of aliphatic hydroxyl groups excluding tert-OH is 1. The van der Waals surface area contributed by atoms with Gasteiger partial charge in [0, 0.05) is 19.4 Å². The van der Waals surface area contributed by atoms with Gasteiger partial charge < -0.3 is 20.1 Å². The Hall–Kier alpha value is -2.81. The van der Waals surface area contributed by atoms with Crippen molar-refractivity contribution in [1.29, 1.82) is 0 Å². The lowest BCUT2D eigenvalue weighted by atomic mass is 10.1. The molecule has 0 aromatic carbocycles. The number of unbranched alkanes of at least 4 members (excludes halogenated alkanes) is 12. The molecule has 0 spiro atoms. The van der Waals surface area contributed by atoms with Gasteiger partial charge >= 0.3 is 13.8 Å². The van der Waals surface area contributed by atoms with Crippen molar-refractivity contribution in [1.82, 2.24) is 5.32 Å². The van der Waals surface area contributed by atoms with Crippen LogP contribution in [-0.4, -0.2) is 54.3 Å². The van der Waals surface area contributed by atoms with Crippen LogP contribution in [0.5, 0.6) is 0 Å². The summed E-state index contributed by atoms with van der Waals surface area (Å²) in [5.41, 5.74) is 0. The number of hydrogen-bond acceptors (Lipinski definition) is 7. The second-order valence-corrected chi connectivity index (χ2v) is 15.4. The Morgan fingerprint density at radius 2 is 1.02 bits per heavy atom. The number of rotatable bonds is 39. The van der Waals surface area contributed by atoms with Gasteiger partial charge in [-0.25, -0.2) is 4.57 Å². The van der Waals surface area contributed by atoms with Crippen LogP contribution in [0, 0.1) is 0 Å². The molecule has 0 aliphatic heterocycles. The van der Waals surface area contributed by atoms with Crippen molar-refractivity contribution >= 4 is 19.7 Å². The molecule has 0 aromatic heterocycles. The molecule has 56 heavy (non-hydrogen) atoms. The minimum atomic E-state index is -4.43. The number of nitrogens with one attached hydrogen (secondary N) is 1. The maximum absolute atomic E-state index is 12.1. The van der Waals surface area contributed by atoms with E-state index in [1.807, 2.05) is 0 Å². The van der Waals surface area contributed by atoms with Crippen molar-refractivity contribution < 1.29 is 37.9 Å². The second kappa shape index (κ2) is 41.8. The summed E-state index contributed by atoms with van der Waals surface area (Å²) < 4.78 is 26.8. The van der Waals surface area contributed by atoms with Crippen LogP contribution in [0.2, 0.25) is 0 Å². The van der Waals surface area contributed by atoms with Gasteiger partial charge in [-0.3, -0.25) is 18.6 Å². The molecule has 0 bridgehead atoms. The van der Waals surface area contributed by atoms with Crippen molar-refractivity contribution in [2.75, 3.05) is 26.4 Å². The van der Waals surface area contributed by atoms with Crippen LogP contribution in [0.3, 0.4) is 0 Å². The fraction of sp³-hybridized carbons (Fsp3) is 0.652. The third-order valence-corrected chi connectivity index (χ3v) is 9.54. The van der Waals surface area contributed by atoms with E-state index < -0.39 is 26.5 Å². The summed E-state index contributed by atoms with van der Waals surface area (Å²) in [6.45, 7) is 3.34. The van der Waals surface area contributed by atoms with Gasteiger partial charge in [-0.1, -0.05) is 150 Å². The van der Waals surface area contributed by atoms with Crippen LogP contribution in [0.15, 0.2) is 85.1 Å². The molecule has 3 N–H and O–H groups in total. The normalized spacial score (nSPS) is 14.1. The molecule has 1 amide bonds. The van der Waals surface area contributed by atoms with E-state index >= 15 is 0 Å². The molecule has 10 heteroatoms. The van der Waals surface area contributed by atoms with Crippen LogP contribution in [0.1, 0.15) is 162 Å². The highest BCUT2D eigenvalue weighted by Crippen LogP contribution is 2.42. The molecule has 0 heterocycles. The Balaban J connectivity index is 3.68. The van der Waals surface area contributed by atoms with Crippen molar-refractivity contribution in [3.05, 3.63) is 85.1 Å². The van der Waals surface area contributed by atoms with Crippen LogP contribution in [0.4, 0.5) is 0 Å². The van der Waals surface area contributed by atoms with E-state index in [1.165, 1.54) is 19.3 Å². The van der Waals surface area contributed by atoms with Crippen LogP contribution in [0.25, 0.3) is 0 Å². The molecular formula is C46H78NO8P. The fourth-order valence-corrected chi connectivity index (χ4v) is 6.06. The molecule has 2 unspecified atom stereocenters. The number of carbonyl (C=O) groups excluding carboxylic acids is 2. The zero-order valence-corrected chi connectivity index (χ0v) is 35.9. The minimum Gasteiger partial charge on any atom is -0.463 e. The number of allylic oxidation sites excluding steroid dienone is 14. The predicted molar refractivity (Wildman–Crippen MR) is 233 cm³/mol. The Bertz CT molecular complexity index is 1190. The minimum absolute atomic E-state index is 0.0668. The van der Waals surface area contributed by atoms with E-state index in [9.17, 15) is 24.2 Å². The molecule has 0 rings (SSSR count). The summed E-state index contributed by atoms with van der Waals surface area (Å²) in [5.74, 6) is -0.557. The molecule has 9 nitrogen and oxygen atoms in total. The lowest BCUT2D eigenvalue weighted by Gasteiger charge is -2.15. The number of carbonyl (C=O) groups is 2. The Morgan fingerprint density at radius 3 is 1.54 bits per heavy atom. The van der Waals surface area contributed by atoms with Gasteiger partial charge in [-0.05, 0) is 83.5 Å². The van der Waals surface area contributed by atoms with E-state index in [-0.39, 0.29) is 32.1 Å². The zero-order valence-electron chi connectivity index (χ0n) is 35.0. The van der Waals surface area contributed by atoms with Crippen molar-refractivity contribution in [3.8, 4) is 0 Å². The SMILES string of the molecule is CC/C=C\C/C=C\C/C=C\C/C=C\C/C=C\CCCCCCCC(=O)OCC(O)COP(=O)(O)OCCNC(=O)CCCCCCC/C=C\C/C=C\CCCC. The smallest absolute Gasteiger partial charge is 0.463 e. The Morgan fingerprint density at radius 1 is 0.571 bits per heavy atom. The topological polar surface area (TPSA) is 131 Å². The number of amides is 1. The van der Waals surface area contributed by atoms with E-state index in [2.05, 4.69) is 104 Å². The summed E-state index contributed by atoms with van der Waals surface area (Å²) in [6.07, 6.45) is 52.2. The predicted octanol–water partition coefficient (Wildman–Crippen LogP) is 12.0. The first-order valence-corrected chi connectivity index (χ1v) is 23.1. The maximum atomic E-state index is 12.1. The lowest BCUT2D eigenvalue weighted by Crippen LogP contribution is -2.27. The van der Waals surface area contributed by atoms with E-state index in [1.54, 1.807) is 0 Å². The number of phosphoric ester groups is 1. The molecule has 2 atom stereocenters. The third kappa shape index (κ3) is 42.3. The fourth-order valence-electron chi connectivity index (χ4n) is 5.30. The van der Waals surface area contributed by atoms with Gasteiger partial charge in [0.05, 0.1) is 13.2 Å². The largest absolute Gasteiger partial charge is 0.472 e. The van der Waals surface area contributed by atoms with Crippen LogP contribution in [-0.2, 0) is 27.9 Å². The highest BCUT2D eigenvalue weighted by Gasteiger charge is 2.23. The summed E-state index contributed by atoms with van der Waals surface area (Å²) in [4.78, 5) is 33.9. The quantitative estimate of drug-likeness (QED) is 0.0242. The van der Waals surface area contributed by atoms with E-state index in [0.717, 1.165) is 109 Å². The summed E-state index contributed by atoms with van der Waals surface area (Å²) in [7, 11) is -4.43. The molecule has 0 radical (unpaired) electrons. The number of esters is 1. The zero-order chi connectivity index (χ0) is 41.1. The Labute approximate surface area is 341 Å². The molecule has 0 saturated carbocycles. The molecule has 320 valence electrons. The van der Waals surface area contributed by atoms with Crippen molar-refractivity contribution in [2.45, 2.75) is 168 Å². The first-order chi connectivity index (χ1) is 27.3. The summed E-state index contributed by atoms with van der Waals surface area (Å²) in [6, 6.07) is 0. The monoisotopic (exact) mass is 804 g/mol. The molecule has 0 aromatic rings. The third-order valence-electron chi connectivity index (χ3n) is 8.56. The first-order valence-electron chi connectivity index (χ1n) is 21.6. The van der Waals surface area contributed by atoms with Gasteiger partial charge in [0.1, 0.15) is 12.7 Å². The van der Waals surface area contributed by atoms with Crippen molar-refractivity contribution in [3.63, 3.8) is 0 Å². The highest BCUT2D eigenvalue weighted by molar-refractivity contribution is 7.47. The van der Waals surface area contributed by atoms with E-state index in [4.69, 9.17) is 13.8 Å². The molecule has 0 aliphatic rings. The summed E-state index contributed by atoms with van der Waals surface area (Å²) >= 11 is 0. The van der Waals surface area contributed by atoms with Crippen molar-refractivity contribution in [2.24, 2.45) is 0 Å². The number of phosphoric acid groups is 1. The number of hydrogen-bond donors (Lipinski definition) is 3. The summed E-state index contributed by atoms with van der Waals surface area (Å²) in [5, 5.41) is 12.7. The average Bonchev–Trinajstić information content (AvgIpc) is 3.18. The van der Waals surface area contributed by atoms with Gasteiger partial charge in [-0.2, -0.15) is 0 Å². The van der Waals surface area contributed by atoms with Crippen LogP contribution < -0.4 is 5.32 Å². The first kappa shape index (κ1) is 53.2. The average molecular weight is 804 g/mol. The van der Waals surface area contributed by atoms with Crippen LogP contribution >= 0.6 is 7.82 Å². The van der Waals surface area contributed by atoms with Gasteiger partial charge in [0.15, 0.2) is 0 Å². The standard InChI is InChI=1S/C46H78NO8P/c1-3-5-7-9-11-13-15-17-19-20-21-22-23-24-25-27-29-31-33-35-37-39-46(50)53-42-44(48)43-55-56(51,52)54-41-40-47-45(49)38-36-34-32-30-28-26-18-16-14-12-10-8-6-4-2/h5,7,10-13,16-19,21-22,24-25,44,48H,3-4,6,8-9,14-15,20,23,26-43H2,1-2H3,(H,47,49)(H,51,52)/b7-5-,12-10-,13-11-,18-16-,19-17-,22-21-,25-24-. The second-order valence-electron chi connectivity index (χ2n) is 13.9. The maximum Gasteiger partial charge on any atom is 0.472 e. The number of ether oxygens (including phenoxy) is 1. The van der Waals surface area contributed by atoms with Gasteiger partial charge in [0.2, 0.25) is 5.91 Å². The molecule has 0 aliphatic carbocycles. The van der Waals surface area contributed by atoms with E-state index in [0.29, 0.717) is 12.8 Å². The molecule has 0 fully saturated rings. The Kier molecular flexibility index (Phi) is 39.7. The number of aliphatic hydroxyl groups is 1. The lowest BCUT2D eigenvalue weighted by molar-refractivity contribution is -0.147. The van der Waals surface area contributed by atoms with Gasteiger partial charge in [-0.15, -0.1) is 0 Å². The van der Waals surface area contributed by atoms with Gasteiger partial charge in [0.25, 0.3) is 0 Å². The molecule has 0 saturated heterocycles. The molecular weight excluding hydrogens is 725 g/mol. The highest BCUT2D eigenvalue weighted by atomic mass is 31.2.